The Balaban J connectivity index is 2.34. The van der Waals surface area contributed by atoms with Gasteiger partial charge in [-0.3, -0.25) is 9.97 Å². The maximum atomic E-state index is 4.82. The van der Waals surface area contributed by atoms with E-state index in [9.17, 15) is 0 Å². The number of halogens is 1. The fourth-order valence-corrected chi connectivity index (χ4v) is 2.05. The monoisotopic (exact) mass is 323 g/mol. The molecule has 0 fully saturated rings. The van der Waals surface area contributed by atoms with Crippen LogP contribution in [0.1, 0.15) is 11.4 Å². The quantitative estimate of drug-likeness (QED) is 0.511. The number of hydrogen-bond donors (Lipinski definition) is 0. The summed E-state index contributed by atoms with van der Waals surface area (Å²) in [5, 5.41) is 3.98. The van der Waals surface area contributed by atoms with Gasteiger partial charge in [-0.05, 0) is 12.1 Å². The standard InChI is InChI=1S/C11H6IN3O/c12-16-15-11-9-7(3-1-5-13-9)8-4-2-6-14-10(8)11/h1-6H. The second-order valence-corrected chi connectivity index (χ2v) is 3.70. The molecule has 0 saturated heterocycles. The normalized spacial score (nSPS) is 11.9. The third-order valence-electron chi connectivity index (χ3n) is 2.48. The van der Waals surface area contributed by atoms with E-state index in [1.807, 2.05) is 24.3 Å². The molecule has 0 aliphatic heterocycles. The van der Waals surface area contributed by atoms with Crippen LogP contribution in [0.25, 0.3) is 11.1 Å². The molecule has 0 spiro atoms. The van der Waals surface area contributed by atoms with E-state index in [4.69, 9.17) is 3.17 Å². The van der Waals surface area contributed by atoms with Gasteiger partial charge in [0.1, 0.15) is 11.4 Å². The Kier molecular flexibility index (Phi) is 2.32. The van der Waals surface area contributed by atoms with Gasteiger partial charge in [0.25, 0.3) is 0 Å². The van der Waals surface area contributed by atoms with Crippen molar-refractivity contribution in [2.75, 3.05) is 0 Å². The molecular weight excluding hydrogens is 317 g/mol. The summed E-state index contributed by atoms with van der Waals surface area (Å²) in [6.45, 7) is 0. The molecule has 1 aliphatic carbocycles. The molecule has 2 aromatic rings. The van der Waals surface area contributed by atoms with Crippen molar-refractivity contribution >= 4 is 28.7 Å². The van der Waals surface area contributed by atoms with Gasteiger partial charge < -0.3 is 3.17 Å². The van der Waals surface area contributed by atoms with Gasteiger partial charge in [-0.25, -0.2) is 0 Å². The maximum Gasteiger partial charge on any atom is 0.230 e. The summed E-state index contributed by atoms with van der Waals surface area (Å²) in [7, 11) is 0. The van der Waals surface area contributed by atoms with Crippen LogP contribution in [0, 0.1) is 0 Å². The fraction of sp³-hybridized carbons (Fsp3) is 0. The number of hydrogen-bond acceptors (Lipinski definition) is 4. The van der Waals surface area contributed by atoms with Gasteiger partial charge in [0.2, 0.25) is 23.0 Å². The Morgan fingerprint density at radius 2 is 1.56 bits per heavy atom. The summed E-state index contributed by atoms with van der Waals surface area (Å²) in [5.41, 5.74) is 4.46. The van der Waals surface area contributed by atoms with Crippen molar-refractivity contribution in [3.63, 3.8) is 0 Å². The van der Waals surface area contributed by atoms with Crippen molar-refractivity contribution in [1.29, 1.82) is 0 Å². The molecule has 0 bridgehead atoms. The predicted molar refractivity (Wildman–Crippen MR) is 68.2 cm³/mol. The van der Waals surface area contributed by atoms with Crippen molar-refractivity contribution in [3.8, 4) is 11.1 Å². The van der Waals surface area contributed by atoms with Gasteiger partial charge in [-0.2, -0.15) is 0 Å². The zero-order valence-corrected chi connectivity index (χ0v) is 10.2. The van der Waals surface area contributed by atoms with E-state index in [0.717, 1.165) is 22.5 Å². The lowest BCUT2D eigenvalue weighted by Gasteiger charge is -1.95. The van der Waals surface area contributed by atoms with Crippen LogP contribution in [0.5, 0.6) is 0 Å². The second kappa shape index (κ2) is 3.82. The molecule has 0 atom stereocenters. The summed E-state index contributed by atoms with van der Waals surface area (Å²) in [6, 6.07) is 7.84. The van der Waals surface area contributed by atoms with Gasteiger partial charge in [-0.1, -0.05) is 17.3 Å². The van der Waals surface area contributed by atoms with Gasteiger partial charge in [-0.15, -0.1) is 0 Å². The summed E-state index contributed by atoms with van der Waals surface area (Å²) >= 11 is 1.73. The van der Waals surface area contributed by atoms with Crippen LogP contribution < -0.4 is 0 Å². The average molecular weight is 323 g/mol. The molecular formula is C11H6IN3O. The summed E-state index contributed by atoms with van der Waals surface area (Å²) in [5.74, 6) is 0. The highest BCUT2D eigenvalue weighted by Gasteiger charge is 2.27. The minimum Gasteiger partial charge on any atom is -0.326 e. The topological polar surface area (TPSA) is 47.4 Å². The first-order valence-electron chi connectivity index (χ1n) is 4.68. The van der Waals surface area contributed by atoms with Gasteiger partial charge in [0, 0.05) is 23.5 Å². The van der Waals surface area contributed by atoms with Gasteiger partial charge in [0.05, 0.1) is 0 Å². The van der Waals surface area contributed by atoms with Crippen molar-refractivity contribution in [1.82, 2.24) is 9.97 Å². The van der Waals surface area contributed by atoms with E-state index in [-0.39, 0.29) is 0 Å². The molecule has 2 heterocycles. The largest absolute Gasteiger partial charge is 0.326 e. The molecule has 0 aromatic carbocycles. The van der Waals surface area contributed by atoms with Crippen molar-refractivity contribution in [2.45, 2.75) is 0 Å². The zero-order valence-electron chi connectivity index (χ0n) is 8.09. The van der Waals surface area contributed by atoms with Crippen molar-refractivity contribution < 1.29 is 3.17 Å². The van der Waals surface area contributed by atoms with Crippen LogP contribution >= 0.6 is 23.0 Å². The SMILES string of the molecule is ION=C1c2ncccc2-c2cccnc21. The molecule has 1 aliphatic rings. The minimum atomic E-state index is 0.695. The van der Waals surface area contributed by atoms with Crippen molar-refractivity contribution in [2.24, 2.45) is 5.16 Å². The lowest BCUT2D eigenvalue weighted by atomic mass is 10.1. The Morgan fingerprint density at radius 3 is 2.06 bits per heavy atom. The first-order valence-corrected chi connectivity index (χ1v) is 5.57. The number of pyridine rings is 2. The Morgan fingerprint density at radius 1 is 1.00 bits per heavy atom. The van der Waals surface area contributed by atoms with E-state index in [1.54, 1.807) is 35.4 Å². The average Bonchev–Trinajstić information content (AvgIpc) is 2.66. The maximum absolute atomic E-state index is 4.82. The van der Waals surface area contributed by atoms with Crippen molar-refractivity contribution in [3.05, 3.63) is 48.0 Å². The van der Waals surface area contributed by atoms with Crippen LogP contribution in [0.15, 0.2) is 41.8 Å². The molecule has 78 valence electrons. The smallest absolute Gasteiger partial charge is 0.230 e. The first kappa shape index (κ1) is 9.71. The molecule has 0 unspecified atom stereocenters. The number of fused-ring (bicyclic) bond motifs is 3. The van der Waals surface area contributed by atoms with Crippen LogP contribution in [0.4, 0.5) is 0 Å². The summed E-state index contributed by atoms with van der Waals surface area (Å²) < 4.78 is 4.82. The highest BCUT2D eigenvalue weighted by molar-refractivity contribution is 14.1. The lowest BCUT2D eigenvalue weighted by molar-refractivity contribution is 0.465. The Bertz CT molecular complexity index is 535. The molecule has 2 aromatic heterocycles. The molecule has 0 saturated carbocycles. The molecule has 0 N–H and O–H groups in total. The number of rotatable bonds is 1. The van der Waals surface area contributed by atoms with Crippen LogP contribution in [-0.2, 0) is 3.17 Å². The highest BCUT2D eigenvalue weighted by Crippen LogP contribution is 2.34. The molecule has 16 heavy (non-hydrogen) atoms. The molecule has 4 nitrogen and oxygen atoms in total. The number of nitrogens with zero attached hydrogens (tertiary/aromatic N) is 3. The lowest BCUT2D eigenvalue weighted by Crippen LogP contribution is -2.02. The first-order chi connectivity index (χ1) is 7.92. The van der Waals surface area contributed by atoms with Gasteiger partial charge in [0.15, 0.2) is 5.71 Å². The molecule has 3 rings (SSSR count). The predicted octanol–water partition coefficient (Wildman–Crippen LogP) is 2.58. The number of aromatic nitrogens is 2. The third-order valence-corrected chi connectivity index (χ3v) is 2.68. The van der Waals surface area contributed by atoms with E-state index in [1.165, 1.54) is 0 Å². The van der Waals surface area contributed by atoms with Crippen LogP contribution in [-0.4, -0.2) is 15.7 Å². The summed E-state index contributed by atoms with van der Waals surface area (Å²) in [6.07, 6.45) is 3.49. The Labute approximate surface area is 106 Å². The molecule has 5 heteroatoms. The van der Waals surface area contributed by atoms with E-state index < -0.39 is 0 Å². The zero-order chi connectivity index (χ0) is 11.0. The van der Waals surface area contributed by atoms with E-state index in [2.05, 4.69) is 15.1 Å². The summed E-state index contributed by atoms with van der Waals surface area (Å²) in [4.78, 5) is 8.64. The fourth-order valence-electron chi connectivity index (χ4n) is 1.86. The highest BCUT2D eigenvalue weighted by atomic mass is 127. The minimum absolute atomic E-state index is 0.695. The molecule has 0 amide bonds. The van der Waals surface area contributed by atoms with Gasteiger partial charge >= 0.3 is 0 Å². The Hall–Kier alpha value is -1.50. The third kappa shape index (κ3) is 1.31. The number of oxime groups is 1. The van der Waals surface area contributed by atoms with E-state index in [0.29, 0.717) is 5.71 Å². The second-order valence-electron chi connectivity index (χ2n) is 3.31. The molecule has 0 radical (unpaired) electrons. The van der Waals surface area contributed by atoms with Crippen LogP contribution in [0.3, 0.4) is 0 Å². The van der Waals surface area contributed by atoms with E-state index >= 15 is 0 Å². The van der Waals surface area contributed by atoms with Crippen LogP contribution in [0.2, 0.25) is 0 Å².